The molecule has 4 rings (SSSR count). The Kier molecular flexibility index (Phi) is 3.39. The smallest absolute Gasteiger partial charge is 0.0933 e. The molecule has 0 aliphatic heterocycles. The molecule has 0 heterocycles. The summed E-state index contributed by atoms with van der Waals surface area (Å²) < 4.78 is 0. The van der Waals surface area contributed by atoms with E-state index in [0.717, 1.165) is 19.3 Å². The molecule has 2 nitrogen and oxygen atoms in total. The summed E-state index contributed by atoms with van der Waals surface area (Å²) in [6.45, 7) is 3.95. The molecule has 2 fully saturated rings. The Morgan fingerprint density at radius 1 is 1.14 bits per heavy atom. The maximum Gasteiger partial charge on any atom is 0.0933 e. The van der Waals surface area contributed by atoms with Gasteiger partial charge in [0.15, 0.2) is 0 Å². The van der Waals surface area contributed by atoms with Crippen LogP contribution in [0.5, 0.6) is 0 Å². The van der Waals surface area contributed by atoms with Crippen molar-refractivity contribution in [2.45, 2.75) is 70.0 Å². The van der Waals surface area contributed by atoms with E-state index in [1.165, 1.54) is 24.8 Å². The van der Waals surface area contributed by atoms with Crippen molar-refractivity contribution in [2.24, 2.45) is 17.8 Å². The number of aryl methyl sites for hydroxylation is 2. The van der Waals surface area contributed by atoms with Crippen LogP contribution in [0.15, 0.2) is 18.2 Å². The fraction of sp³-hybridized carbons (Fsp3) is 0.700. The first kappa shape index (κ1) is 14.7. The molecule has 0 aromatic heterocycles. The molecule has 1 aromatic carbocycles. The van der Waals surface area contributed by atoms with Gasteiger partial charge in [0.1, 0.15) is 0 Å². The van der Waals surface area contributed by atoms with Crippen LogP contribution in [-0.4, -0.2) is 21.9 Å². The molecule has 0 saturated heterocycles. The maximum atomic E-state index is 10.9. The molecule has 0 radical (unpaired) electrons. The third kappa shape index (κ3) is 2.00. The standard InChI is InChI=1S/C20H28O2/c1-12-3-5-15-14(11-12)4-6-17-16(15)7-8-19-18(17)9-10-20(19,22)13(2)21/h3,5,11,13,16-19,21-22H,4,6-10H2,1-2H3/t13?,16?,17?,18?,19?,20-/m0/s1. The molecule has 2 heteroatoms. The van der Waals surface area contributed by atoms with Crippen LogP contribution in [0.25, 0.3) is 0 Å². The third-order valence-corrected chi connectivity index (χ3v) is 7.06. The number of fused-ring (bicyclic) bond motifs is 5. The normalized spacial score (nSPS) is 41.5. The summed E-state index contributed by atoms with van der Waals surface area (Å²) in [5.41, 5.74) is 3.68. The molecule has 1 aromatic rings. The van der Waals surface area contributed by atoms with Crippen LogP contribution in [0.4, 0.5) is 0 Å². The Balaban J connectivity index is 1.65. The quantitative estimate of drug-likeness (QED) is 0.832. The molecule has 2 N–H and O–H groups in total. The number of rotatable bonds is 1. The molecule has 3 aliphatic rings. The second kappa shape index (κ2) is 5.07. The van der Waals surface area contributed by atoms with E-state index >= 15 is 0 Å². The van der Waals surface area contributed by atoms with Crippen LogP contribution >= 0.6 is 0 Å². The SMILES string of the molecule is Cc1ccc2c(c1)CCC1C2CCC2C1CC[C@]2(O)C(C)O. The summed E-state index contributed by atoms with van der Waals surface area (Å²) in [6.07, 6.45) is 5.97. The highest BCUT2D eigenvalue weighted by Crippen LogP contribution is 2.58. The van der Waals surface area contributed by atoms with Crippen LogP contribution in [0.2, 0.25) is 0 Å². The fourth-order valence-corrected chi connectivity index (χ4v) is 5.96. The van der Waals surface area contributed by atoms with Gasteiger partial charge in [-0.1, -0.05) is 23.8 Å². The van der Waals surface area contributed by atoms with Crippen molar-refractivity contribution in [1.82, 2.24) is 0 Å². The van der Waals surface area contributed by atoms with E-state index in [1.54, 1.807) is 18.1 Å². The van der Waals surface area contributed by atoms with Gasteiger partial charge in [0.25, 0.3) is 0 Å². The highest BCUT2D eigenvalue weighted by Gasteiger charge is 2.55. The van der Waals surface area contributed by atoms with E-state index < -0.39 is 11.7 Å². The first-order chi connectivity index (χ1) is 10.5. The Morgan fingerprint density at radius 3 is 2.73 bits per heavy atom. The molecule has 3 aliphatic carbocycles. The highest BCUT2D eigenvalue weighted by atomic mass is 16.3. The number of hydrogen-bond acceptors (Lipinski definition) is 2. The van der Waals surface area contributed by atoms with E-state index in [2.05, 4.69) is 25.1 Å². The van der Waals surface area contributed by atoms with Crippen molar-refractivity contribution >= 4 is 0 Å². The zero-order valence-corrected chi connectivity index (χ0v) is 13.8. The molecule has 6 atom stereocenters. The second-order valence-corrected chi connectivity index (χ2v) is 8.06. The van der Waals surface area contributed by atoms with Gasteiger partial charge in [0.2, 0.25) is 0 Å². The van der Waals surface area contributed by atoms with Crippen molar-refractivity contribution in [2.75, 3.05) is 0 Å². The number of aliphatic hydroxyl groups is 2. The topological polar surface area (TPSA) is 40.5 Å². The average Bonchev–Trinajstić information content (AvgIpc) is 2.85. The monoisotopic (exact) mass is 300 g/mol. The molecule has 22 heavy (non-hydrogen) atoms. The van der Waals surface area contributed by atoms with E-state index in [4.69, 9.17) is 0 Å². The van der Waals surface area contributed by atoms with Gasteiger partial charge in [0, 0.05) is 0 Å². The lowest BCUT2D eigenvalue weighted by atomic mass is 9.59. The lowest BCUT2D eigenvalue weighted by Crippen LogP contribution is -2.48. The summed E-state index contributed by atoms with van der Waals surface area (Å²) in [6, 6.07) is 6.99. The van der Waals surface area contributed by atoms with Gasteiger partial charge in [-0.25, -0.2) is 0 Å². The first-order valence-corrected chi connectivity index (χ1v) is 9.00. The van der Waals surface area contributed by atoms with Gasteiger partial charge >= 0.3 is 0 Å². The predicted octanol–water partition coefficient (Wildman–Crippen LogP) is 3.57. The van der Waals surface area contributed by atoms with Crippen LogP contribution in [0.1, 0.15) is 61.6 Å². The average molecular weight is 300 g/mol. The van der Waals surface area contributed by atoms with Crippen molar-refractivity contribution < 1.29 is 10.2 Å². The molecule has 0 spiro atoms. The van der Waals surface area contributed by atoms with Crippen molar-refractivity contribution in [3.8, 4) is 0 Å². The Morgan fingerprint density at radius 2 is 1.95 bits per heavy atom. The second-order valence-electron chi connectivity index (χ2n) is 8.06. The Labute approximate surface area is 133 Å². The number of hydrogen-bond donors (Lipinski definition) is 2. The van der Waals surface area contributed by atoms with Crippen molar-refractivity contribution in [3.05, 3.63) is 34.9 Å². The largest absolute Gasteiger partial charge is 0.390 e. The molecule has 0 amide bonds. The van der Waals surface area contributed by atoms with E-state index in [0.29, 0.717) is 23.7 Å². The van der Waals surface area contributed by atoms with Crippen LogP contribution < -0.4 is 0 Å². The zero-order chi connectivity index (χ0) is 15.5. The van der Waals surface area contributed by atoms with Gasteiger partial charge in [-0.2, -0.15) is 0 Å². The molecule has 120 valence electrons. The molecule has 2 saturated carbocycles. The zero-order valence-electron chi connectivity index (χ0n) is 13.8. The molecule has 0 bridgehead atoms. The maximum absolute atomic E-state index is 10.9. The van der Waals surface area contributed by atoms with Crippen LogP contribution in [0.3, 0.4) is 0 Å². The predicted molar refractivity (Wildman–Crippen MR) is 87.8 cm³/mol. The van der Waals surface area contributed by atoms with Gasteiger partial charge in [-0.15, -0.1) is 0 Å². The van der Waals surface area contributed by atoms with Crippen LogP contribution in [0, 0.1) is 24.7 Å². The summed E-state index contributed by atoms with van der Waals surface area (Å²) in [5, 5.41) is 21.0. The summed E-state index contributed by atoms with van der Waals surface area (Å²) in [7, 11) is 0. The van der Waals surface area contributed by atoms with Gasteiger partial charge in [0.05, 0.1) is 11.7 Å². The minimum Gasteiger partial charge on any atom is -0.390 e. The molecule has 5 unspecified atom stereocenters. The van der Waals surface area contributed by atoms with Crippen LogP contribution in [-0.2, 0) is 6.42 Å². The summed E-state index contributed by atoms with van der Waals surface area (Å²) in [5.74, 6) is 2.30. The number of aliphatic hydroxyl groups excluding tert-OH is 1. The fourth-order valence-electron chi connectivity index (χ4n) is 5.96. The lowest BCUT2D eigenvalue weighted by molar-refractivity contribution is -0.111. The minimum atomic E-state index is -0.830. The van der Waals surface area contributed by atoms with Gasteiger partial charge in [-0.3, -0.25) is 0 Å². The Hall–Kier alpha value is -0.860. The number of benzene rings is 1. The lowest BCUT2D eigenvalue weighted by Gasteiger charge is -2.47. The first-order valence-electron chi connectivity index (χ1n) is 9.00. The molecular weight excluding hydrogens is 272 g/mol. The summed E-state index contributed by atoms with van der Waals surface area (Å²) in [4.78, 5) is 0. The third-order valence-electron chi connectivity index (χ3n) is 7.06. The van der Waals surface area contributed by atoms with Crippen molar-refractivity contribution in [3.63, 3.8) is 0 Å². The minimum absolute atomic E-state index is 0.306. The highest BCUT2D eigenvalue weighted by molar-refractivity contribution is 5.37. The summed E-state index contributed by atoms with van der Waals surface area (Å²) >= 11 is 0. The van der Waals surface area contributed by atoms with E-state index in [-0.39, 0.29) is 0 Å². The Bertz CT molecular complexity index is 579. The van der Waals surface area contributed by atoms with Crippen molar-refractivity contribution in [1.29, 1.82) is 0 Å². The van der Waals surface area contributed by atoms with Gasteiger partial charge in [-0.05, 0) is 87.2 Å². The van der Waals surface area contributed by atoms with Gasteiger partial charge < -0.3 is 10.2 Å². The van der Waals surface area contributed by atoms with E-state index in [1.807, 2.05) is 0 Å². The molecular formula is C20H28O2. The van der Waals surface area contributed by atoms with E-state index in [9.17, 15) is 10.2 Å².